The minimum atomic E-state index is -0.512. The lowest BCUT2D eigenvalue weighted by Gasteiger charge is -2.33. The first-order valence-electron chi connectivity index (χ1n) is 11.0. The molecule has 5 heteroatoms. The number of carbonyl (C=O) groups is 2. The molecule has 0 radical (unpaired) electrons. The van der Waals surface area contributed by atoms with Crippen LogP contribution in [0.2, 0.25) is 0 Å². The number of benzene rings is 2. The summed E-state index contributed by atoms with van der Waals surface area (Å²) in [5.41, 5.74) is 1.80. The van der Waals surface area contributed by atoms with Gasteiger partial charge < -0.3 is 15.0 Å². The van der Waals surface area contributed by atoms with Crippen molar-refractivity contribution in [2.45, 2.75) is 72.0 Å². The first-order valence-corrected chi connectivity index (χ1v) is 11.0. The summed E-state index contributed by atoms with van der Waals surface area (Å²) in [7, 11) is 0. The summed E-state index contributed by atoms with van der Waals surface area (Å²) in [4.78, 5) is 27.9. The topological polar surface area (TPSA) is 58.6 Å². The first kappa shape index (κ1) is 24.4. The summed E-state index contributed by atoms with van der Waals surface area (Å²) < 4.78 is 5.72. The zero-order valence-corrected chi connectivity index (χ0v) is 19.5. The molecule has 2 aromatic carbocycles. The van der Waals surface area contributed by atoms with Crippen LogP contribution in [0.4, 0.5) is 0 Å². The molecule has 1 atom stereocenters. The molecule has 1 N–H and O–H groups in total. The fourth-order valence-corrected chi connectivity index (χ4v) is 3.45. The predicted octanol–water partition coefficient (Wildman–Crippen LogP) is 4.88. The second-order valence-electron chi connectivity index (χ2n) is 8.94. The molecule has 0 aliphatic rings. The van der Waals surface area contributed by atoms with Gasteiger partial charge in [0.25, 0.3) is 0 Å². The minimum absolute atomic E-state index is 0.0333. The maximum atomic E-state index is 13.2. The summed E-state index contributed by atoms with van der Waals surface area (Å²) in [6, 6.07) is 17.1. The van der Waals surface area contributed by atoms with E-state index in [-0.39, 0.29) is 17.4 Å². The molecule has 2 rings (SSSR count). The van der Waals surface area contributed by atoms with Crippen LogP contribution in [-0.2, 0) is 16.1 Å². The Morgan fingerprint density at radius 1 is 1.06 bits per heavy atom. The maximum absolute atomic E-state index is 13.2. The van der Waals surface area contributed by atoms with E-state index in [1.807, 2.05) is 83.1 Å². The first-order chi connectivity index (χ1) is 14.7. The molecule has 2 amide bonds. The Balaban J connectivity index is 2.09. The molecule has 0 aliphatic heterocycles. The number of nitrogens with one attached hydrogen (secondary N) is 1. The van der Waals surface area contributed by atoms with Gasteiger partial charge >= 0.3 is 0 Å². The van der Waals surface area contributed by atoms with Gasteiger partial charge in [0.15, 0.2) is 0 Å². The largest absolute Gasteiger partial charge is 0.494 e. The number of carbonyl (C=O) groups excluding carboxylic acids is 2. The number of amides is 2. The van der Waals surface area contributed by atoms with Crippen LogP contribution in [0, 0.1) is 6.92 Å². The van der Waals surface area contributed by atoms with Crippen molar-refractivity contribution in [3.63, 3.8) is 0 Å². The van der Waals surface area contributed by atoms with Gasteiger partial charge in [-0.05, 0) is 58.2 Å². The maximum Gasteiger partial charge on any atom is 0.243 e. The minimum Gasteiger partial charge on any atom is -0.494 e. The molecule has 31 heavy (non-hydrogen) atoms. The summed E-state index contributed by atoms with van der Waals surface area (Å²) in [6.07, 6.45) is 1.48. The molecule has 0 fully saturated rings. The number of hydrogen-bond donors (Lipinski definition) is 1. The predicted molar refractivity (Wildman–Crippen MR) is 125 cm³/mol. The highest BCUT2D eigenvalue weighted by Crippen LogP contribution is 2.17. The molecular formula is C26H36N2O3. The van der Waals surface area contributed by atoms with Crippen molar-refractivity contribution in [1.29, 1.82) is 0 Å². The SMILES string of the molecule is CCC(C(=O)NC(C)(C)C)N(Cc1cccc(C)c1)C(=O)CCCOc1ccccc1. The smallest absolute Gasteiger partial charge is 0.243 e. The summed E-state index contributed by atoms with van der Waals surface area (Å²) in [5.74, 6) is 0.646. The monoisotopic (exact) mass is 424 g/mol. The Morgan fingerprint density at radius 3 is 2.39 bits per heavy atom. The van der Waals surface area contributed by atoms with Gasteiger partial charge in [0, 0.05) is 18.5 Å². The molecule has 0 aliphatic carbocycles. The summed E-state index contributed by atoms with van der Waals surface area (Å²) in [6.45, 7) is 10.7. The number of nitrogens with zero attached hydrogens (tertiary/aromatic N) is 1. The molecule has 0 heterocycles. The second kappa shape index (κ2) is 11.5. The zero-order valence-electron chi connectivity index (χ0n) is 19.5. The summed E-state index contributed by atoms with van der Waals surface area (Å²) in [5, 5.41) is 3.03. The number of hydrogen-bond acceptors (Lipinski definition) is 3. The Bertz CT molecular complexity index is 843. The molecule has 0 saturated carbocycles. The molecule has 0 spiro atoms. The third-order valence-electron chi connectivity index (χ3n) is 4.87. The van der Waals surface area contributed by atoms with Crippen molar-refractivity contribution >= 4 is 11.8 Å². The highest BCUT2D eigenvalue weighted by atomic mass is 16.5. The van der Waals surface area contributed by atoms with Crippen molar-refractivity contribution in [2.24, 2.45) is 0 Å². The number of para-hydroxylation sites is 1. The van der Waals surface area contributed by atoms with Crippen molar-refractivity contribution in [3.8, 4) is 5.75 Å². The lowest BCUT2D eigenvalue weighted by atomic mass is 10.0. The lowest BCUT2D eigenvalue weighted by Crippen LogP contribution is -2.53. The third kappa shape index (κ3) is 8.44. The van der Waals surface area contributed by atoms with Crippen LogP contribution in [0.25, 0.3) is 0 Å². The second-order valence-corrected chi connectivity index (χ2v) is 8.94. The van der Waals surface area contributed by atoms with E-state index in [2.05, 4.69) is 11.4 Å². The standard InChI is InChI=1S/C26H36N2O3/c1-6-23(25(30)27-26(3,4)5)28(19-21-13-10-12-20(2)18-21)24(29)16-11-17-31-22-14-8-7-9-15-22/h7-10,12-15,18,23H,6,11,16-17,19H2,1-5H3,(H,27,30). The van der Waals surface area contributed by atoms with Gasteiger partial charge in [0.1, 0.15) is 11.8 Å². The van der Waals surface area contributed by atoms with Gasteiger partial charge in [-0.2, -0.15) is 0 Å². The van der Waals surface area contributed by atoms with Crippen LogP contribution in [0.3, 0.4) is 0 Å². The van der Waals surface area contributed by atoms with E-state index in [9.17, 15) is 9.59 Å². The molecule has 0 saturated heterocycles. The van der Waals surface area contributed by atoms with Crippen LogP contribution in [-0.4, -0.2) is 34.9 Å². The van der Waals surface area contributed by atoms with Crippen LogP contribution in [0.1, 0.15) is 58.1 Å². The fourth-order valence-electron chi connectivity index (χ4n) is 3.45. The van der Waals surface area contributed by atoms with Gasteiger partial charge in [-0.15, -0.1) is 0 Å². The van der Waals surface area contributed by atoms with E-state index < -0.39 is 6.04 Å². The Kier molecular flexibility index (Phi) is 9.10. The van der Waals surface area contributed by atoms with E-state index in [4.69, 9.17) is 4.74 Å². The van der Waals surface area contributed by atoms with E-state index >= 15 is 0 Å². The van der Waals surface area contributed by atoms with Gasteiger partial charge in [-0.1, -0.05) is 55.0 Å². The normalized spacial score (nSPS) is 12.2. The molecule has 2 aromatic rings. The molecule has 0 bridgehead atoms. The Hall–Kier alpha value is -2.82. The number of ether oxygens (including phenoxy) is 1. The Labute approximate surface area is 186 Å². The van der Waals surface area contributed by atoms with Gasteiger partial charge in [0.2, 0.25) is 11.8 Å². The van der Waals surface area contributed by atoms with Crippen LogP contribution < -0.4 is 10.1 Å². The van der Waals surface area contributed by atoms with E-state index in [1.165, 1.54) is 0 Å². The van der Waals surface area contributed by atoms with Crippen molar-refractivity contribution in [2.75, 3.05) is 6.61 Å². The molecule has 1 unspecified atom stereocenters. The van der Waals surface area contributed by atoms with E-state index in [0.29, 0.717) is 32.4 Å². The average Bonchev–Trinajstić information content (AvgIpc) is 2.70. The third-order valence-corrected chi connectivity index (χ3v) is 4.87. The quantitative estimate of drug-likeness (QED) is 0.553. The van der Waals surface area contributed by atoms with E-state index in [0.717, 1.165) is 16.9 Å². The number of rotatable bonds is 10. The van der Waals surface area contributed by atoms with Crippen molar-refractivity contribution < 1.29 is 14.3 Å². The molecule has 5 nitrogen and oxygen atoms in total. The fraction of sp³-hybridized carbons (Fsp3) is 0.462. The van der Waals surface area contributed by atoms with Gasteiger partial charge in [-0.3, -0.25) is 9.59 Å². The van der Waals surface area contributed by atoms with Crippen LogP contribution >= 0.6 is 0 Å². The van der Waals surface area contributed by atoms with Gasteiger partial charge in [0.05, 0.1) is 6.61 Å². The highest BCUT2D eigenvalue weighted by Gasteiger charge is 2.30. The van der Waals surface area contributed by atoms with E-state index in [1.54, 1.807) is 4.90 Å². The Morgan fingerprint density at radius 2 is 1.77 bits per heavy atom. The van der Waals surface area contributed by atoms with Crippen LogP contribution in [0.15, 0.2) is 54.6 Å². The molecular weight excluding hydrogens is 388 g/mol. The van der Waals surface area contributed by atoms with Gasteiger partial charge in [-0.25, -0.2) is 0 Å². The van der Waals surface area contributed by atoms with Crippen LogP contribution in [0.5, 0.6) is 5.75 Å². The van der Waals surface area contributed by atoms with Crippen molar-refractivity contribution in [3.05, 3.63) is 65.7 Å². The lowest BCUT2D eigenvalue weighted by molar-refractivity contribution is -0.142. The zero-order chi connectivity index (χ0) is 22.9. The van der Waals surface area contributed by atoms with Crippen molar-refractivity contribution in [1.82, 2.24) is 10.2 Å². The molecule has 168 valence electrons. The number of aryl methyl sites for hydroxylation is 1. The highest BCUT2D eigenvalue weighted by molar-refractivity contribution is 5.88. The average molecular weight is 425 g/mol. The molecule has 0 aromatic heterocycles. The summed E-state index contributed by atoms with van der Waals surface area (Å²) >= 11 is 0.